The Morgan fingerprint density at radius 2 is 1.96 bits per heavy atom. The molecule has 0 aliphatic carbocycles. The van der Waals surface area contributed by atoms with E-state index in [1.165, 1.54) is 0 Å². The Morgan fingerprint density at radius 1 is 1.19 bits per heavy atom. The molecule has 0 spiro atoms. The van der Waals surface area contributed by atoms with Gasteiger partial charge >= 0.3 is 0 Å². The van der Waals surface area contributed by atoms with Crippen molar-refractivity contribution < 1.29 is 13.9 Å². The third-order valence-electron chi connectivity index (χ3n) is 3.88. The van der Waals surface area contributed by atoms with Crippen molar-refractivity contribution in [3.8, 4) is 11.5 Å². The molecular formula is C18H27IN4O3. The quantitative estimate of drug-likeness (QED) is 0.365. The molecule has 0 saturated carbocycles. The number of aryl methyl sites for hydroxylation is 2. The number of aromatic nitrogens is 1. The smallest absolute Gasteiger partial charge is 0.214 e. The van der Waals surface area contributed by atoms with Crippen molar-refractivity contribution in [2.45, 2.75) is 26.8 Å². The maximum atomic E-state index is 5.55. The Kier molecular flexibility index (Phi) is 9.25. The Labute approximate surface area is 171 Å². The lowest BCUT2D eigenvalue weighted by Gasteiger charge is -2.13. The fourth-order valence-electron chi connectivity index (χ4n) is 2.39. The molecule has 144 valence electrons. The summed E-state index contributed by atoms with van der Waals surface area (Å²) in [6, 6.07) is 5.78. The average Bonchev–Trinajstić information content (AvgIpc) is 2.95. The van der Waals surface area contributed by atoms with Crippen molar-refractivity contribution in [3.63, 3.8) is 0 Å². The molecule has 0 aliphatic rings. The van der Waals surface area contributed by atoms with Gasteiger partial charge < -0.3 is 24.5 Å². The van der Waals surface area contributed by atoms with Gasteiger partial charge in [-0.2, -0.15) is 0 Å². The SMILES string of the molecule is CN=C(NCCc1cc(OC)ccc1OC)NCc1nc(C)c(C)o1.I. The summed E-state index contributed by atoms with van der Waals surface area (Å²) in [5, 5.41) is 6.46. The van der Waals surface area contributed by atoms with Crippen molar-refractivity contribution in [2.75, 3.05) is 27.8 Å². The summed E-state index contributed by atoms with van der Waals surface area (Å²) in [6.45, 7) is 5.01. The standard InChI is InChI=1S/C18H26N4O3.HI/c1-12-13(2)25-17(22-12)11-21-18(19-3)20-9-8-14-10-15(23-4)6-7-16(14)24-5;/h6-7,10H,8-9,11H2,1-5H3,(H2,19,20,21);1H. The lowest BCUT2D eigenvalue weighted by atomic mass is 10.1. The van der Waals surface area contributed by atoms with E-state index in [2.05, 4.69) is 20.6 Å². The van der Waals surface area contributed by atoms with Crippen LogP contribution in [0.15, 0.2) is 27.6 Å². The number of rotatable bonds is 7. The van der Waals surface area contributed by atoms with Crippen LogP contribution in [-0.2, 0) is 13.0 Å². The average molecular weight is 474 g/mol. The number of methoxy groups -OCH3 is 2. The molecule has 0 atom stereocenters. The van der Waals surface area contributed by atoms with E-state index < -0.39 is 0 Å². The number of halogens is 1. The number of ether oxygens (including phenoxy) is 2. The van der Waals surface area contributed by atoms with Crippen LogP contribution >= 0.6 is 24.0 Å². The lowest BCUT2D eigenvalue weighted by Crippen LogP contribution is -2.38. The van der Waals surface area contributed by atoms with Crippen LogP contribution in [0.4, 0.5) is 0 Å². The van der Waals surface area contributed by atoms with E-state index in [0.29, 0.717) is 24.9 Å². The highest BCUT2D eigenvalue weighted by atomic mass is 127. The normalized spacial score (nSPS) is 10.9. The van der Waals surface area contributed by atoms with Crippen LogP contribution in [0.3, 0.4) is 0 Å². The minimum atomic E-state index is 0. The first-order valence-corrected chi connectivity index (χ1v) is 8.15. The van der Waals surface area contributed by atoms with Crippen LogP contribution in [0.5, 0.6) is 11.5 Å². The van der Waals surface area contributed by atoms with Gasteiger partial charge in [0.1, 0.15) is 17.3 Å². The van der Waals surface area contributed by atoms with Crippen LogP contribution in [-0.4, -0.2) is 38.8 Å². The Hall–Kier alpha value is -1.97. The number of nitrogens with zero attached hydrogens (tertiary/aromatic N) is 2. The number of guanidine groups is 1. The van der Waals surface area contributed by atoms with E-state index in [4.69, 9.17) is 13.9 Å². The molecule has 26 heavy (non-hydrogen) atoms. The second-order valence-electron chi connectivity index (χ2n) is 5.53. The van der Waals surface area contributed by atoms with Crippen molar-refractivity contribution in [2.24, 2.45) is 4.99 Å². The fraction of sp³-hybridized carbons (Fsp3) is 0.444. The Bertz CT molecular complexity index is 712. The van der Waals surface area contributed by atoms with Crippen molar-refractivity contribution in [1.29, 1.82) is 0 Å². The van der Waals surface area contributed by atoms with Gasteiger partial charge in [-0.05, 0) is 44.0 Å². The molecule has 1 heterocycles. The molecule has 0 saturated heterocycles. The maximum Gasteiger partial charge on any atom is 0.214 e. The van der Waals surface area contributed by atoms with Gasteiger partial charge in [0, 0.05) is 13.6 Å². The first kappa shape index (κ1) is 22.1. The van der Waals surface area contributed by atoms with Crippen LogP contribution in [0.2, 0.25) is 0 Å². The van der Waals surface area contributed by atoms with Gasteiger partial charge in [-0.3, -0.25) is 4.99 Å². The predicted octanol–water partition coefficient (Wildman–Crippen LogP) is 2.83. The van der Waals surface area contributed by atoms with E-state index in [9.17, 15) is 0 Å². The molecule has 8 heteroatoms. The fourth-order valence-corrected chi connectivity index (χ4v) is 2.39. The molecule has 0 radical (unpaired) electrons. The molecule has 0 amide bonds. The van der Waals surface area contributed by atoms with Crippen LogP contribution in [0, 0.1) is 13.8 Å². The van der Waals surface area contributed by atoms with E-state index in [1.54, 1.807) is 21.3 Å². The molecule has 2 N–H and O–H groups in total. The minimum Gasteiger partial charge on any atom is -0.497 e. The van der Waals surface area contributed by atoms with Gasteiger partial charge in [-0.25, -0.2) is 4.98 Å². The van der Waals surface area contributed by atoms with Crippen molar-refractivity contribution in [3.05, 3.63) is 41.1 Å². The van der Waals surface area contributed by atoms with Gasteiger partial charge in [0.25, 0.3) is 0 Å². The molecule has 0 bridgehead atoms. The minimum absolute atomic E-state index is 0. The number of benzene rings is 1. The molecule has 1 aromatic heterocycles. The molecule has 1 aromatic carbocycles. The van der Waals surface area contributed by atoms with Crippen LogP contribution < -0.4 is 20.1 Å². The topological polar surface area (TPSA) is 80.9 Å². The zero-order valence-electron chi connectivity index (χ0n) is 15.9. The third-order valence-corrected chi connectivity index (χ3v) is 3.88. The second-order valence-corrected chi connectivity index (χ2v) is 5.53. The first-order valence-electron chi connectivity index (χ1n) is 8.15. The predicted molar refractivity (Wildman–Crippen MR) is 113 cm³/mol. The summed E-state index contributed by atoms with van der Waals surface area (Å²) in [5.74, 6) is 3.83. The number of oxazole rings is 1. The summed E-state index contributed by atoms with van der Waals surface area (Å²) in [7, 11) is 5.05. The van der Waals surface area contributed by atoms with Crippen LogP contribution in [0.1, 0.15) is 22.9 Å². The number of hydrogen-bond donors (Lipinski definition) is 2. The highest BCUT2D eigenvalue weighted by Crippen LogP contribution is 2.24. The van der Waals surface area contributed by atoms with Gasteiger partial charge in [0.15, 0.2) is 5.96 Å². The first-order chi connectivity index (χ1) is 12.1. The largest absolute Gasteiger partial charge is 0.497 e. The molecule has 0 unspecified atom stereocenters. The van der Waals surface area contributed by atoms with Crippen molar-refractivity contribution >= 4 is 29.9 Å². The van der Waals surface area contributed by atoms with Gasteiger partial charge in [-0.15, -0.1) is 24.0 Å². The molecule has 2 aromatic rings. The Morgan fingerprint density at radius 3 is 2.54 bits per heavy atom. The molecule has 0 fully saturated rings. The highest BCUT2D eigenvalue weighted by molar-refractivity contribution is 14.0. The highest BCUT2D eigenvalue weighted by Gasteiger charge is 2.08. The summed E-state index contributed by atoms with van der Waals surface area (Å²) in [5.41, 5.74) is 1.98. The van der Waals surface area contributed by atoms with Gasteiger partial charge in [0.2, 0.25) is 5.89 Å². The van der Waals surface area contributed by atoms with Gasteiger partial charge in [0.05, 0.1) is 26.5 Å². The lowest BCUT2D eigenvalue weighted by molar-refractivity contribution is 0.398. The zero-order valence-corrected chi connectivity index (χ0v) is 18.2. The van der Waals surface area contributed by atoms with E-state index in [1.807, 2.05) is 32.0 Å². The van der Waals surface area contributed by atoms with Crippen LogP contribution in [0.25, 0.3) is 0 Å². The van der Waals surface area contributed by atoms with Crippen molar-refractivity contribution in [1.82, 2.24) is 15.6 Å². The number of nitrogens with one attached hydrogen (secondary N) is 2. The van der Waals surface area contributed by atoms with E-state index in [0.717, 1.165) is 34.9 Å². The molecule has 0 aliphatic heterocycles. The summed E-state index contributed by atoms with van der Waals surface area (Å²) in [4.78, 5) is 8.55. The second kappa shape index (κ2) is 10.9. The number of aliphatic imine (C=N–C) groups is 1. The maximum absolute atomic E-state index is 5.55. The zero-order chi connectivity index (χ0) is 18.2. The Balaban J connectivity index is 0.00000338. The summed E-state index contributed by atoms with van der Waals surface area (Å²) >= 11 is 0. The molecule has 7 nitrogen and oxygen atoms in total. The van der Waals surface area contributed by atoms with Gasteiger partial charge in [-0.1, -0.05) is 0 Å². The summed E-state index contributed by atoms with van der Waals surface area (Å²) < 4.78 is 16.2. The number of hydrogen-bond acceptors (Lipinski definition) is 5. The monoisotopic (exact) mass is 474 g/mol. The molecule has 2 rings (SSSR count). The molecular weight excluding hydrogens is 447 g/mol. The summed E-state index contributed by atoms with van der Waals surface area (Å²) in [6.07, 6.45) is 0.776. The van der Waals surface area contributed by atoms with E-state index >= 15 is 0 Å². The van der Waals surface area contributed by atoms with E-state index in [-0.39, 0.29) is 24.0 Å². The third kappa shape index (κ3) is 6.08.